The molecule has 14 heteroatoms. The lowest BCUT2D eigenvalue weighted by atomic mass is 9.90. The summed E-state index contributed by atoms with van der Waals surface area (Å²) in [4.78, 5) is 28.3. The van der Waals surface area contributed by atoms with Crippen LogP contribution in [0.3, 0.4) is 0 Å². The number of benzene rings is 3. The first-order valence-electron chi connectivity index (χ1n) is 10.7. The van der Waals surface area contributed by atoms with Gasteiger partial charge in [0.15, 0.2) is 0 Å². The van der Waals surface area contributed by atoms with E-state index in [1.54, 1.807) is 6.07 Å². The fraction of sp³-hybridized carbons (Fsp3) is 0.208. The van der Waals surface area contributed by atoms with Crippen LogP contribution in [0.5, 0.6) is 0 Å². The van der Waals surface area contributed by atoms with Crippen molar-refractivity contribution in [1.82, 2.24) is 10.8 Å². The maximum atomic E-state index is 14.3. The van der Waals surface area contributed by atoms with Crippen molar-refractivity contribution in [1.29, 1.82) is 0 Å². The molecule has 0 bridgehead atoms. The Morgan fingerprint density at radius 2 is 1.63 bits per heavy atom. The van der Waals surface area contributed by atoms with E-state index in [1.165, 1.54) is 36.4 Å². The summed E-state index contributed by atoms with van der Waals surface area (Å²) in [6, 6.07) is 9.39. The van der Waals surface area contributed by atoms with E-state index in [4.69, 9.17) is 28.0 Å². The lowest BCUT2D eigenvalue weighted by Crippen LogP contribution is -2.42. The SMILES string of the molecule is O=NC(CNC(=O)c1ccc(C2=CC(c3cc(Cl)cc(Cl)c3)(C(F)(F)F)ON2)c2ccccc12)C(F)(F)F. The van der Waals surface area contributed by atoms with Crippen molar-refractivity contribution in [2.45, 2.75) is 24.0 Å². The van der Waals surface area contributed by atoms with Gasteiger partial charge in [-0.25, -0.2) is 0 Å². The van der Waals surface area contributed by atoms with Crippen molar-refractivity contribution in [2.75, 3.05) is 6.54 Å². The largest absolute Gasteiger partial charge is 0.428 e. The fourth-order valence-corrected chi connectivity index (χ4v) is 4.50. The Balaban J connectivity index is 1.76. The average Bonchev–Trinajstić information content (AvgIpc) is 3.29. The molecule has 38 heavy (non-hydrogen) atoms. The summed E-state index contributed by atoms with van der Waals surface area (Å²) in [5.41, 5.74) is -0.998. The van der Waals surface area contributed by atoms with Crippen molar-refractivity contribution < 1.29 is 36.0 Å². The molecule has 6 nitrogen and oxygen atoms in total. The quantitative estimate of drug-likeness (QED) is 0.246. The third-order valence-corrected chi connectivity index (χ3v) is 6.24. The van der Waals surface area contributed by atoms with Gasteiger partial charge in [-0.2, -0.15) is 31.2 Å². The Morgan fingerprint density at radius 3 is 2.21 bits per heavy atom. The highest BCUT2D eigenvalue weighted by Gasteiger charge is 2.59. The predicted molar refractivity (Wildman–Crippen MR) is 128 cm³/mol. The zero-order valence-corrected chi connectivity index (χ0v) is 20.3. The first-order valence-corrected chi connectivity index (χ1v) is 11.4. The number of amides is 1. The molecule has 0 aliphatic carbocycles. The van der Waals surface area contributed by atoms with Crippen LogP contribution in [0.1, 0.15) is 21.5 Å². The molecule has 2 unspecified atom stereocenters. The standard InChI is InChI=1S/C24H15Cl2F6N3O3/c25-13-7-12(8-14(26)9-13)22(24(30,31)32)10-19(35-38-22)17-5-6-18(16-4-2-1-3-15(16)17)21(36)33-11-20(34-37)23(27,28)29/h1-10,20,35H,11H2,(H,33,36). The molecule has 3 aromatic carbocycles. The number of hydrogen-bond donors (Lipinski definition) is 2. The monoisotopic (exact) mass is 577 g/mol. The molecule has 4 rings (SSSR count). The minimum absolute atomic E-state index is 0.0417. The third kappa shape index (κ3) is 5.16. The summed E-state index contributed by atoms with van der Waals surface area (Å²) < 4.78 is 81.4. The van der Waals surface area contributed by atoms with E-state index in [2.05, 4.69) is 5.48 Å². The molecule has 1 amide bonds. The normalized spacial score (nSPS) is 18.6. The topological polar surface area (TPSA) is 79.8 Å². The van der Waals surface area contributed by atoms with E-state index in [9.17, 15) is 36.0 Å². The second-order valence-corrected chi connectivity index (χ2v) is 9.11. The molecule has 200 valence electrons. The highest BCUT2D eigenvalue weighted by atomic mass is 35.5. The van der Waals surface area contributed by atoms with Gasteiger partial charge in [0.25, 0.3) is 5.91 Å². The Hall–Kier alpha value is -3.35. The molecule has 2 atom stereocenters. The maximum Gasteiger partial charge on any atom is 0.428 e. The van der Waals surface area contributed by atoms with Crippen LogP contribution in [0.4, 0.5) is 26.3 Å². The van der Waals surface area contributed by atoms with Crippen molar-refractivity contribution >= 4 is 45.6 Å². The number of hydroxylamine groups is 1. The molecule has 0 saturated heterocycles. The minimum atomic E-state index is -4.95. The summed E-state index contributed by atoms with van der Waals surface area (Å²) in [6.07, 6.45) is -9.09. The van der Waals surface area contributed by atoms with Crippen LogP contribution in [0.15, 0.2) is 65.9 Å². The van der Waals surface area contributed by atoms with Gasteiger partial charge in [-0.1, -0.05) is 58.7 Å². The van der Waals surface area contributed by atoms with Crippen LogP contribution >= 0.6 is 23.2 Å². The molecule has 1 aliphatic heterocycles. The number of nitrogens with one attached hydrogen (secondary N) is 2. The molecule has 1 aliphatic rings. The van der Waals surface area contributed by atoms with Gasteiger partial charge in [0.05, 0.1) is 12.2 Å². The molecule has 0 radical (unpaired) electrons. The van der Waals surface area contributed by atoms with Crippen molar-refractivity contribution in [3.8, 4) is 0 Å². The second kappa shape index (κ2) is 10.1. The van der Waals surface area contributed by atoms with Gasteiger partial charge in [0.2, 0.25) is 11.6 Å². The number of nitroso groups, excluding NO2 is 1. The molecule has 0 fully saturated rings. The average molecular weight is 578 g/mol. The van der Waals surface area contributed by atoms with E-state index >= 15 is 0 Å². The van der Waals surface area contributed by atoms with Gasteiger partial charge in [0.1, 0.15) is 0 Å². The zero-order chi connectivity index (χ0) is 27.9. The molecule has 1 heterocycles. The minimum Gasteiger partial charge on any atom is -0.349 e. The molecular weight excluding hydrogens is 563 g/mol. The molecular formula is C24H15Cl2F6N3O3. The first-order chi connectivity index (χ1) is 17.8. The first kappa shape index (κ1) is 27.7. The summed E-state index contributed by atoms with van der Waals surface area (Å²) >= 11 is 11.9. The summed E-state index contributed by atoms with van der Waals surface area (Å²) in [5.74, 6) is -0.937. The van der Waals surface area contributed by atoms with Crippen LogP contribution in [-0.2, 0) is 10.4 Å². The van der Waals surface area contributed by atoms with Crippen molar-refractivity contribution in [2.24, 2.45) is 5.18 Å². The number of halogens is 8. The van der Waals surface area contributed by atoms with E-state index in [1.807, 2.05) is 10.5 Å². The lowest BCUT2D eigenvalue weighted by molar-refractivity contribution is -0.269. The smallest absolute Gasteiger partial charge is 0.349 e. The highest BCUT2D eigenvalue weighted by Crippen LogP contribution is 2.48. The molecule has 3 aromatic rings. The highest BCUT2D eigenvalue weighted by molar-refractivity contribution is 6.34. The number of rotatable bonds is 6. The Labute approximate surface area is 220 Å². The van der Waals surface area contributed by atoms with Gasteiger partial charge in [0, 0.05) is 26.7 Å². The summed E-state index contributed by atoms with van der Waals surface area (Å²) in [5, 5.41) is 4.45. The van der Waals surface area contributed by atoms with Gasteiger partial charge in [-0.15, -0.1) is 0 Å². The maximum absolute atomic E-state index is 14.3. The number of carbonyl (C=O) groups is 1. The van der Waals surface area contributed by atoms with Gasteiger partial charge < -0.3 is 5.32 Å². The second-order valence-electron chi connectivity index (χ2n) is 8.23. The van der Waals surface area contributed by atoms with Crippen LogP contribution in [0, 0.1) is 4.91 Å². The zero-order valence-electron chi connectivity index (χ0n) is 18.8. The Morgan fingerprint density at radius 1 is 1.00 bits per heavy atom. The Bertz CT molecular complexity index is 1420. The fourth-order valence-electron chi connectivity index (χ4n) is 3.97. The van der Waals surface area contributed by atoms with E-state index in [0.29, 0.717) is 5.39 Å². The van der Waals surface area contributed by atoms with E-state index in [-0.39, 0.29) is 37.8 Å². The van der Waals surface area contributed by atoms with Crippen LogP contribution in [0.25, 0.3) is 16.5 Å². The van der Waals surface area contributed by atoms with Crippen molar-refractivity contribution in [3.05, 3.63) is 92.3 Å². The lowest BCUT2D eigenvalue weighted by Gasteiger charge is -2.28. The third-order valence-electron chi connectivity index (χ3n) is 5.80. The number of carbonyl (C=O) groups excluding carboxylic acids is 1. The van der Waals surface area contributed by atoms with E-state index < -0.39 is 36.4 Å². The van der Waals surface area contributed by atoms with Crippen LogP contribution in [-0.4, -0.2) is 30.8 Å². The number of hydrogen-bond acceptors (Lipinski definition) is 5. The van der Waals surface area contributed by atoms with Crippen molar-refractivity contribution in [3.63, 3.8) is 0 Å². The predicted octanol–water partition coefficient (Wildman–Crippen LogP) is 6.91. The van der Waals surface area contributed by atoms with Crippen LogP contribution in [0.2, 0.25) is 10.0 Å². The molecule has 0 spiro atoms. The Kier molecular flexibility index (Phi) is 7.34. The van der Waals surface area contributed by atoms with E-state index in [0.717, 1.165) is 18.2 Å². The van der Waals surface area contributed by atoms with Gasteiger partial charge in [-0.3, -0.25) is 15.1 Å². The van der Waals surface area contributed by atoms with Crippen LogP contribution < -0.4 is 10.8 Å². The molecule has 0 saturated carbocycles. The summed E-state index contributed by atoms with van der Waals surface area (Å²) in [7, 11) is 0. The molecule has 0 aromatic heterocycles. The van der Waals surface area contributed by atoms with Gasteiger partial charge in [-0.05, 0) is 41.1 Å². The molecule has 2 N–H and O–H groups in total. The summed E-state index contributed by atoms with van der Waals surface area (Å²) in [6.45, 7) is -1.08. The number of alkyl halides is 6. The number of nitrogens with zero attached hydrogens (tertiary/aromatic N) is 1. The van der Waals surface area contributed by atoms with Gasteiger partial charge >= 0.3 is 12.4 Å². The number of fused-ring (bicyclic) bond motifs is 1.